The molecular weight excluding hydrogens is 429 g/mol. The number of aromatic nitrogens is 1. The van der Waals surface area contributed by atoms with E-state index in [4.69, 9.17) is 0 Å². The van der Waals surface area contributed by atoms with Gasteiger partial charge in [-0.3, -0.25) is 10.2 Å². The number of amides is 1. The van der Waals surface area contributed by atoms with Gasteiger partial charge in [-0.05, 0) is 43.3 Å². The molecule has 2 heterocycles. The molecule has 2 N–H and O–H groups in total. The zero-order chi connectivity index (χ0) is 23.4. The number of likely N-dealkylation sites (N-methyl/N-ethyl adjacent to an activating group) is 1. The Labute approximate surface area is 182 Å². The normalized spacial score (nSPS) is 19.4. The molecule has 1 aromatic carbocycles. The second-order valence-corrected chi connectivity index (χ2v) is 7.34. The number of halogens is 3. The van der Waals surface area contributed by atoms with Crippen LogP contribution in [0.25, 0.3) is 11.1 Å². The zero-order valence-electron chi connectivity index (χ0n) is 17.3. The van der Waals surface area contributed by atoms with Gasteiger partial charge in [0.15, 0.2) is 0 Å². The summed E-state index contributed by atoms with van der Waals surface area (Å²) in [4.78, 5) is 30.7. The van der Waals surface area contributed by atoms with Crippen LogP contribution in [0, 0.1) is 0 Å². The Kier molecular flexibility index (Phi) is 6.87. The molecule has 0 aliphatic carbocycles. The molecule has 1 unspecified atom stereocenters. The van der Waals surface area contributed by atoms with Crippen molar-refractivity contribution in [2.75, 3.05) is 31.6 Å². The minimum atomic E-state index is -4.75. The maximum atomic E-state index is 12.3. The van der Waals surface area contributed by atoms with Crippen LogP contribution >= 0.6 is 0 Å². The summed E-state index contributed by atoms with van der Waals surface area (Å²) in [5, 5.41) is 12.6. The first-order chi connectivity index (χ1) is 15.2. The second kappa shape index (κ2) is 9.43. The molecule has 0 radical (unpaired) electrons. The number of alkyl halides is 3. The number of anilines is 1. The maximum absolute atomic E-state index is 12.3. The van der Waals surface area contributed by atoms with E-state index in [1.165, 1.54) is 29.2 Å². The molecule has 3 rings (SSSR count). The van der Waals surface area contributed by atoms with Crippen molar-refractivity contribution in [2.24, 2.45) is 0 Å². The Bertz CT molecular complexity index is 938. The van der Waals surface area contributed by atoms with Gasteiger partial charge in [0, 0.05) is 31.3 Å². The Balaban J connectivity index is 1.80. The van der Waals surface area contributed by atoms with E-state index in [1.807, 2.05) is 4.90 Å². The summed E-state index contributed by atoms with van der Waals surface area (Å²) in [6.45, 7) is 1.04. The maximum Gasteiger partial charge on any atom is 0.573 e. The highest BCUT2D eigenvalue weighted by Crippen LogP contribution is 2.29. The van der Waals surface area contributed by atoms with E-state index in [0.717, 1.165) is 0 Å². The van der Waals surface area contributed by atoms with Gasteiger partial charge in [-0.1, -0.05) is 12.1 Å². The van der Waals surface area contributed by atoms with Crippen molar-refractivity contribution in [3.05, 3.63) is 42.6 Å². The van der Waals surface area contributed by atoms with E-state index in [-0.39, 0.29) is 25.3 Å². The minimum absolute atomic E-state index is 0.0171. The molecule has 0 spiro atoms. The fraction of sp³-hybridized carbons (Fsp3) is 0.381. The van der Waals surface area contributed by atoms with Gasteiger partial charge in [-0.25, -0.2) is 9.78 Å². The van der Waals surface area contributed by atoms with Crippen molar-refractivity contribution in [3.8, 4) is 16.9 Å². The number of rotatable bonds is 6. The van der Waals surface area contributed by atoms with Gasteiger partial charge >= 0.3 is 12.5 Å². The molecule has 1 atom stereocenters. The fourth-order valence-corrected chi connectivity index (χ4v) is 3.81. The monoisotopic (exact) mass is 452 g/mol. The van der Waals surface area contributed by atoms with Crippen LogP contribution < -0.4 is 15.0 Å². The number of carboxylic acid groups (broad SMARTS) is 1. The lowest BCUT2D eigenvalue weighted by Crippen LogP contribution is -2.64. The van der Waals surface area contributed by atoms with E-state index in [0.29, 0.717) is 36.2 Å². The van der Waals surface area contributed by atoms with Gasteiger partial charge in [0.25, 0.3) is 0 Å². The Morgan fingerprint density at radius 3 is 2.44 bits per heavy atom. The largest absolute Gasteiger partial charge is 0.573 e. The summed E-state index contributed by atoms with van der Waals surface area (Å²) in [7, 11) is 1.62. The van der Waals surface area contributed by atoms with Crippen LogP contribution in [-0.2, 0) is 4.79 Å². The number of benzene rings is 1. The van der Waals surface area contributed by atoms with Crippen molar-refractivity contribution in [3.63, 3.8) is 0 Å². The summed E-state index contributed by atoms with van der Waals surface area (Å²) < 4.78 is 40.8. The van der Waals surface area contributed by atoms with Crippen LogP contribution in [0.5, 0.6) is 5.75 Å². The Hall–Kier alpha value is -3.34. The second-order valence-electron chi connectivity index (χ2n) is 7.34. The quantitative estimate of drug-likeness (QED) is 0.649. The number of nitrogens with one attached hydrogen (secondary N) is 1. The molecule has 0 bridgehead atoms. The number of hydrogen-bond acceptors (Lipinski definition) is 6. The predicted molar refractivity (Wildman–Crippen MR) is 110 cm³/mol. The number of carbonyl (C=O) groups is 2. The summed E-state index contributed by atoms with van der Waals surface area (Å²) in [5.74, 6) is 0.292. The first-order valence-electron chi connectivity index (χ1n) is 9.88. The lowest BCUT2D eigenvalue weighted by molar-refractivity contribution is -0.274. The average Bonchev–Trinajstić information content (AvgIpc) is 2.94. The smallest absolute Gasteiger partial charge is 0.465 e. The fourth-order valence-electron chi connectivity index (χ4n) is 3.81. The number of nitrogens with zero attached hydrogens (tertiary/aromatic N) is 3. The van der Waals surface area contributed by atoms with Gasteiger partial charge in [-0.15, -0.1) is 13.2 Å². The van der Waals surface area contributed by atoms with E-state index >= 15 is 0 Å². The molecule has 1 aliphatic rings. The summed E-state index contributed by atoms with van der Waals surface area (Å²) in [6, 6.07) is 9.00. The number of hydrogen-bond donors (Lipinski definition) is 2. The van der Waals surface area contributed by atoms with E-state index in [1.54, 1.807) is 25.4 Å². The van der Waals surface area contributed by atoms with Gasteiger partial charge in [0.05, 0.1) is 6.54 Å². The number of carbonyl (C=O) groups excluding carboxylic acids is 1. The molecule has 0 saturated carbocycles. The first kappa shape index (κ1) is 23.3. The van der Waals surface area contributed by atoms with Gasteiger partial charge in [0.2, 0.25) is 0 Å². The highest BCUT2D eigenvalue weighted by Gasteiger charge is 2.42. The molecule has 1 fully saturated rings. The molecule has 8 nitrogen and oxygen atoms in total. The van der Waals surface area contributed by atoms with Crippen molar-refractivity contribution in [1.82, 2.24) is 15.2 Å². The lowest BCUT2D eigenvalue weighted by Gasteiger charge is -2.41. The number of ether oxygens (including phenoxy) is 1. The number of aldehydes is 1. The van der Waals surface area contributed by atoms with Crippen LogP contribution in [0.4, 0.5) is 23.8 Å². The van der Waals surface area contributed by atoms with E-state index in [9.17, 15) is 27.9 Å². The summed E-state index contributed by atoms with van der Waals surface area (Å²) >= 11 is 0. The molecule has 172 valence electrons. The molecule has 1 aliphatic heterocycles. The van der Waals surface area contributed by atoms with Crippen molar-refractivity contribution >= 4 is 18.2 Å². The molecule has 1 amide bonds. The zero-order valence-corrected chi connectivity index (χ0v) is 17.3. The molecular formula is C21H23F3N4O4. The Morgan fingerprint density at radius 2 is 1.91 bits per heavy atom. The highest BCUT2D eigenvalue weighted by molar-refractivity contribution is 5.68. The van der Waals surface area contributed by atoms with Crippen molar-refractivity contribution in [2.45, 2.75) is 24.9 Å². The Morgan fingerprint density at radius 1 is 1.22 bits per heavy atom. The topological polar surface area (TPSA) is 95.0 Å². The number of pyridine rings is 1. The standard InChI is InChI=1S/C21H23F3N4O4/c1-25-20(9-12-29)14-27(10-2-11-28(20)19(30)31)18-8-5-16(13-26-18)15-3-6-17(7-4-15)32-21(22,23)24/h3-8,12-13,25H,2,9-11,14H2,1H3,(H,30,31). The van der Waals surface area contributed by atoms with Gasteiger partial charge in [0.1, 0.15) is 23.5 Å². The molecule has 32 heavy (non-hydrogen) atoms. The van der Waals surface area contributed by atoms with Crippen LogP contribution in [0.3, 0.4) is 0 Å². The van der Waals surface area contributed by atoms with Gasteiger partial charge in [-0.2, -0.15) is 0 Å². The third kappa shape index (κ3) is 5.28. The van der Waals surface area contributed by atoms with Crippen molar-refractivity contribution in [1.29, 1.82) is 0 Å². The van der Waals surface area contributed by atoms with E-state index < -0.39 is 18.1 Å². The third-order valence-corrected chi connectivity index (χ3v) is 5.39. The van der Waals surface area contributed by atoms with E-state index in [2.05, 4.69) is 15.0 Å². The molecule has 2 aromatic rings. The minimum Gasteiger partial charge on any atom is -0.465 e. The van der Waals surface area contributed by atoms with Gasteiger partial charge < -0.3 is 19.5 Å². The molecule has 1 aromatic heterocycles. The molecule has 11 heteroatoms. The molecule has 1 saturated heterocycles. The third-order valence-electron chi connectivity index (χ3n) is 5.39. The average molecular weight is 452 g/mol. The lowest BCUT2D eigenvalue weighted by atomic mass is 10.0. The predicted octanol–water partition coefficient (Wildman–Crippen LogP) is 3.34. The van der Waals surface area contributed by atoms with Crippen LogP contribution in [0.1, 0.15) is 12.8 Å². The summed E-state index contributed by atoms with van der Waals surface area (Å²) in [5.41, 5.74) is 0.276. The first-order valence-corrected chi connectivity index (χ1v) is 9.88. The summed E-state index contributed by atoms with van der Waals surface area (Å²) in [6.07, 6.45) is -3.03. The highest BCUT2D eigenvalue weighted by atomic mass is 19.4. The van der Waals surface area contributed by atoms with Crippen LogP contribution in [0.15, 0.2) is 42.6 Å². The van der Waals surface area contributed by atoms with Crippen molar-refractivity contribution < 1.29 is 32.6 Å². The van der Waals surface area contributed by atoms with Crippen LogP contribution in [0.2, 0.25) is 0 Å². The van der Waals surface area contributed by atoms with Crippen LogP contribution in [-0.4, -0.2) is 66.1 Å². The SMILES string of the molecule is CNC1(CC=O)CN(c2ccc(-c3ccc(OC(F)(F)F)cc3)cn2)CCCN1C(=O)O.